The predicted molar refractivity (Wildman–Crippen MR) is 76.4 cm³/mol. The van der Waals surface area contributed by atoms with Gasteiger partial charge < -0.3 is 15.2 Å². The Bertz CT molecular complexity index is 527. The number of benzene rings is 1. The first-order valence-corrected chi connectivity index (χ1v) is 6.86. The van der Waals surface area contributed by atoms with Gasteiger partial charge in [0.05, 0.1) is 19.8 Å². The van der Waals surface area contributed by atoms with E-state index in [2.05, 4.69) is 5.32 Å². The number of hydrogen-bond donors (Lipinski definition) is 2. The molecule has 0 spiro atoms. The molecule has 0 atom stereocenters. The number of nitroso groups, excluding NO2 is 1. The zero-order valence-corrected chi connectivity index (χ0v) is 12.0. The summed E-state index contributed by atoms with van der Waals surface area (Å²) in [6, 6.07) is 4.55. The van der Waals surface area contributed by atoms with Gasteiger partial charge in [-0.05, 0) is 6.07 Å². The molecule has 114 valence electrons. The summed E-state index contributed by atoms with van der Waals surface area (Å²) < 4.78 is 5.93. The topological polar surface area (TPSA) is 81.9 Å². The average molecular weight is 294 g/mol. The molecule has 1 heterocycles. The lowest BCUT2D eigenvalue weighted by Crippen LogP contribution is -2.43. The maximum absolute atomic E-state index is 11.9. The molecule has 0 unspecified atom stereocenters. The van der Waals surface area contributed by atoms with Crippen LogP contribution in [-0.4, -0.2) is 60.6 Å². The van der Waals surface area contributed by atoms with Crippen LogP contribution in [0.1, 0.15) is 5.56 Å². The summed E-state index contributed by atoms with van der Waals surface area (Å²) in [6.07, 6.45) is 0. The highest BCUT2D eigenvalue weighted by Crippen LogP contribution is 2.22. The molecule has 0 radical (unpaired) electrons. The Balaban J connectivity index is 1.88. The summed E-state index contributed by atoms with van der Waals surface area (Å²) in [5.74, 6) is -0.0514. The predicted octanol–water partition coefficient (Wildman–Crippen LogP) is 0.381. The highest BCUT2D eigenvalue weighted by atomic mass is 16.5. The molecule has 21 heavy (non-hydrogen) atoms. The second-order valence-electron chi connectivity index (χ2n) is 4.98. The first-order chi connectivity index (χ1) is 10.1. The minimum absolute atomic E-state index is 0.0623. The number of morpholine rings is 1. The van der Waals surface area contributed by atoms with Crippen molar-refractivity contribution < 1.29 is 19.4 Å². The lowest BCUT2D eigenvalue weighted by molar-refractivity contribution is -0.428. The van der Waals surface area contributed by atoms with E-state index in [1.165, 1.54) is 19.2 Å². The van der Waals surface area contributed by atoms with Gasteiger partial charge in [0.25, 0.3) is 5.69 Å². The summed E-state index contributed by atoms with van der Waals surface area (Å²) in [4.78, 5) is 25.1. The Morgan fingerprint density at radius 3 is 2.81 bits per heavy atom. The zero-order valence-electron chi connectivity index (χ0n) is 12.0. The Hall–Kier alpha value is -1.99. The van der Waals surface area contributed by atoms with Crippen molar-refractivity contribution in [2.24, 2.45) is 0 Å². The van der Waals surface area contributed by atoms with E-state index in [9.17, 15) is 14.8 Å². The lowest BCUT2D eigenvalue weighted by atomic mass is 10.1. The van der Waals surface area contributed by atoms with Crippen LogP contribution in [0.25, 0.3) is 0 Å². The summed E-state index contributed by atoms with van der Waals surface area (Å²) >= 11 is 0. The van der Waals surface area contributed by atoms with Crippen LogP contribution in [0.2, 0.25) is 0 Å². The van der Waals surface area contributed by atoms with Gasteiger partial charge in [-0.25, -0.2) is 0 Å². The van der Waals surface area contributed by atoms with Crippen LogP contribution in [-0.2, 0) is 16.1 Å². The third-order valence-electron chi connectivity index (χ3n) is 3.37. The van der Waals surface area contributed by atoms with Gasteiger partial charge in [-0.15, -0.1) is 0 Å². The summed E-state index contributed by atoms with van der Waals surface area (Å²) in [6.45, 7) is 3.28. The van der Waals surface area contributed by atoms with Gasteiger partial charge in [0.2, 0.25) is 5.91 Å². The molecular formula is C14H20N3O4+. The van der Waals surface area contributed by atoms with E-state index in [0.29, 0.717) is 35.8 Å². The monoisotopic (exact) mass is 294 g/mol. The first-order valence-electron chi connectivity index (χ1n) is 6.86. The maximum atomic E-state index is 11.9. The zero-order chi connectivity index (χ0) is 15.2. The second-order valence-corrected chi connectivity index (χ2v) is 4.98. The third-order valence-corrected chi connectivity index (χ3v) is 3.37. The molecule has 1 saturated heterocycles. The van der Waals surface area contributed by atoms with E-state index < -0.39 is 0 Å². The molecule has 1 amide bonds. The van der Waals surface area contributed by atoms with Crippen molar-refractivity contribution in [1.82, 2.24) is 10.2 Å². The second kappa shape index (κ2) is 7.14. The summed E-state index contributed by atoms with van der Waals surface area (Å²) in [5.41, 5.74) is 0.954. The molecule has 1 aromatic carbocycles. The molecule has 1 aliphatic heterocycles. The molecule has 2 N–H and O–H groups in total. The maximum Gasteiger partial charge on any atom is 0.256 e. The fraction of sp³-hybridized carbons (Fsp3) is 0.500. The van der Waals surface area contributed by atoms with Gasteiger partial charge in [-0.3, -0.25) is 9.69 Å². The van der Waals surface area contributed by atoms with Gasteiger partial charge in [-0.1, -0.05) is 0 Å². The molecule has 1 aromatic rings. The van der Waals surface area contributed by atoms with Crippen molar-refractivity contribution in [3.05, 3.63) is 28.7 Å². The van der Waals surface area contributed by atoms with Crippen LogP contribution in [0.3, 0.4) is 0 Å². The van der Waals surface area contributed by atoms with Gasteiger partial charge in [0, 0.05) is 47.0 Å². The quantitative estimate of drug-likeness (QED) is 0.767. The van der Waals surface area contributed by atoms with Crippen LogP contribution in [0.15, 0.2) is 18.2 Å². The number of phenolic OH excluding ortho intramolecular Hbond substituents is 1. The highest BCUT2D eigenvalue weighted by molar-refractivity contribution is 5.78. The number of carbonyl (C=O) groups excluding carboxylic acids is 1. The number of aromatic hydroxyl groups is 1. The molecule has 0 bridgehead atoms. The van der Waals surface area contributed by atoms with E-state index in [1.807, 2.05) is 4.90 Å². The van der Waals surface area contributed by atoms with Gasteiger partial charge in [-0.2, -0.15) is 0 Å². The Morgan fingerprint density at radius 2 is 2.14 bits per heavy atom. The minimum Gasteiger partial charge on any atom is -0.508 e. The van der Waals surface area contributed by atoms with E-state index in [1.54, 1.807) is 6.07 Å². The smallest absolute Gasteiger partial charge is 0.256 e. The van der Waals surface area contributed by atoms with Crippen molar-refractivity contribution in [3.63, 3.8) is 0 Å². The standard InChI is InChI=1S/C14H19N3O4/c1-16(20)12-2-3-13(18)11(8-12)9-15-14(19)10-17-4-6-21-7-5-17/h2-3,8H,4-7,9-10H2,1H3,(H-,15,18,19,20)/p+1. The molecular weight excluding hydrogens is 274 g/mol. The Kier molecular flexibility index (Phi) is 5.24. The highest BCUT2D eigenvalue weighted by Gasteiger charge is 2.15. The van der Waals surface area contributed by atoms with Crippen molar-refractivity contribution >= 4 is 11.6 Å². The van der Waals surface area contributed by atoms with Gasteiger partial charge >= 0.3 is 0 Å². The number of ether oxygens (including phenoxy) is 1. The lowest BCUT2D eigenvalue weighted by Gasteiger charge is -2.25. The number of nitrogens with zero attached hydrogens (tertiary/aromatic N) is 2. The molecule has 1 fully saturated rings. The van der Waals surface area contributed by atoms with Crippen LogP contribution in [0, 0.1) is 4.91 Å². The molecule has 7 nitrogen and oxygen atoms in total. The fourth-order valence-electron chi connectivity index (χ4n) is 2.12. The van der Waals surface area contributed by atoms with E-state index in [-0.39, 0.29) is 18.2 Å². The van der Waals surface area contributed by atoms with Crippen LogP contribution in [0.4, 0.5) is 5.69 Å². The molecule has 0 aliphatic carbocycles. The van der Waals surface area contributed by atoms with E-state index in [0.717, 1.165) is 13.1 Å². The van der Waals surface area contributed by atoms with Gasteiger partial charge in [0.1, 0.15) is 5.75 Å². The van der Waals surface area contributed by atoms with Crippen molar-refractivity contribution in [1.29, 1.82) is 0 Å². The number of nitrogens with one attached hydrogen (secondary N) is 1. The SMILES string of the molecule is C[N+](=O)c1ccc(O)c(CNC(=O)CN2CCOCC2)c1. The number of amides is 1. The van der Waals surface area contributed by atoms with Crippen LogP contribution in [0.5, 0.6) is 5.75 Å². The Morgan fingerprint density at radius 1 is 1.43 bits per heavy atom. The van der Waals surface area contributed by atoms with Crippen molar-refractivity contribution in [2.45, 2.75) is 6.54 Å². The van der Waals surface area contributed by atoms with Crippen LogP contribution < -0.4 is 5.32 Å². The summed E-state index contributed by atoms with van der Waals surface area (Å²) in [7, 11) is 1.38. The first kappa shape index (κ1) is 15.4. The normalized spacial score (nSPS) is 15.7. The Labute approximate surface area is 123 Å². The summed E-state index contributed by atoms with van der Waals surface area (Å²) in [5, 5.41) is 12.5. The minimum atomic E-state index is -0.114. The van der Waals surface area contributed by atoms with E-state index >= 15 is 0 Å². The molecule has 1 aliphatic rings. The largest absolute Gasteiger partial charge is 0.508 e. The van der Waals surface area contributed by atoms with E-state index in [4.69, 9.17) is 4.74 Å². The number of phenols is 1. The third kappa shape index (κ3) is 4.51. The number of hydrogen-bond acceptors (Lipinski definition) is 5. The van der Waals surface area contributed by atoms with Crippen LogP contribution >= 0.6 is 0 Å². The fourth-order valence-corrected chi connectivity index (χ4v) is 2.12. The molecule has 0 aromatic heterocycles. The average Bonchev–Trinajstić information content (AvgIpc) is 2.47. The van der Waals surface area contributed by atoms with Gasteiger partial charge in [0.15, 0.2) is 7.05 Å². The van der Waals surface area contributed by atoms with Crippen molar-refractivity contribution in [3.8, 4) is 5.75 Å². The molecule has 2 rings (SSSR count). The molecule has 0 saturated carbocycles. The van der Waals surface area contributed by atoms with Crippen molar-refractivity contribution in [2.75, 3.05) is 39.9 Å². The number of carbonyl (C=O) groups is 1. The number of rotatable bonds is 5. The molecule has 7 heteroatoms.